The number of hydrogen-bond acceptors (Lipinski definition) is 7. The Labute approximate surface area is 201 Å². The van der Waals surface area contributed by atoms with E-state index in [1.54, 1.807) is 36.5 Å². The van der Waals surface area contributed by atoms with Gasteiger partial charge in [-0.25, -0.2) is 9.79 Å². The Kier molecular flexibility index (Phi) is 6.12. The van der Waals surface area contributed by atoms with Crippen LogP contribution in [0.1, 0.15) is 5.56 Å². The first-order valence-corrected chi connectivity index (χ1v) is 10.7. The van der Waals surface area contributed by atoms with Crippen LogP contribution in [0.2, 0.25) is 5.15 Å². The number of aromatic nitrogens is 4. The molecule has 34 heavy (non-hydrogen) atoms. The van der Waals surface area contributed by atoms with Crippen LogP contribution in [0.15, 0.2) is 64.9 Å². The standard InChI is InChI=1S/C24H24ClN7O2/c1-14(30(2)3)27-12-16(11-26)15-6-7-18-17(10-15)22-20(13-28-18)31(4)24(33)32(22)19-8-9-21(34-5)29-23(19)25/h6-13H,1,26H2,2-5H3/b16-11+,27-12-. The van der Waals surface area contributed by atoms with E-state index in [-0.39, 0.29) is 10.8 Å². The first-order chi connectivity index (χ1) is 16.3. The maximum Gasteiger partial charge on any atom is 0.333 e. The Morgan fingerprint density at radius 2 is 2.06 bits per heavy atom. The molecule has 0 unspecified atom stereocenters. The van der Waals surface area contributed by atoms with Gasteiger partial charge in [-0.15, -0.1) is 0 Å². The summed E-state index contributed by atoms with van der Waals surface area (Å²) in [5.74, 6) is 0.940. The van der Waals surface area contributed by atoms with Crippen LogP contribution < -0.4 is 16.2 Å². The molecule has 174 valence electrons. The molecule has 0 aliphatic rings. The summed E-state index contributed by atoms with van der Waals surface area (Å²) in [4.78, 5) is 28.2. The number of aryl methyl sites for hydroxylation is 1. The van der Waals surface area contributed by atoms with Crippen molar-refractivity contribution in [3.05, 3.63) is 76.3 Å². The zero-order valence-electron chi connectivity index (χ0n) is 19.3. The molecule has 4 aromatic rings. The topological polar surface area (TPSA) is 104 Å². The molecule has 0 aliphatic carbocycles. The second kappa shape index (κ2) is 9.03. The summed E-state index contributed by atoms with van der Waals surface area (Å²) in [5, 5.41) is 0.894. The number of benzene rings is 1. The van der Waals surface area contributed by atoms with Crippen LogP contribution in [0, 0.1) is 0 Å². The normalized spacial score (nSPS) is 12.1. The van der Waals surface area contributed by atoms with Crippen molar-refractivity contribution in [1.29, 1.82) is 0 Å². The Balaban J connectivity index is 1.99. The molecular formula is C24H24ClN7O2. The summed E-state index contributed by atoms with van der Waals surface area (Å²) < 4.78 is 8.21. The third-order valence-corrected chi connectivity index (χ3v) is 5.80. The fourth-order valence-electron chi connectivity index (χ4n) is 3.56. The number of halogens is 1. The number of aliphatic imine (C=N–C) groups is 1. The van der Waals surface area contributed by atoms with Gasteiger partial charge < -0.3 is 15.4 Å². The molecule has 0 spiro atoms. The van der Waals surface area contributed by atoms with Gasteiger partial charge in [0.1, 0.15) is 5.82 Å². The number of rotatable bonds is 6. The van der Waals surface area contributed by atoms with Crippen molar-refractivity contribution in [2.24, 2.45) is 17.8 Å². The smallest absolute Gasteiger partial charge is 0.333 e. The third kappa shape index (κ3) is 3.90. The highest BCUT2D eigenvalue weighted by molar-refractivity contribution is 6.31. The molecule has 4 rings (SSSR count). The van der Waals surface area contributed by atoms with Crippen LogP contribution >= 0.6 is 11.6 Å². The van der Waals surface area contributed by atoms with E-state index in [0.717, 1.165) is 10.9 Å². The Morgan fingerprint density at radius 3 is 2.71 bits per heavy atom. The van der Waals surface area contributed by atoms with E-state index in [1.165, 1.54) is 22.4 Å². The number of nitrogens with two attached hydrogens (primary N) is 1. The fourth-order valence-corrected chi connectivity index (χ4v) is 3.80. The molecule has 0 bridgehead atoms. The summed E-state index contributed by atoms with van der Waals surface area (Å²) in [5.41, 5.74) is 9.58. The fraction of sp³-hybridized carbons (Fsp3) is 0.167. The van der Waals surface area contributed by atoms with E-state index >= 15 is 0 Å². The number of nitrogens with zero attached hydrogens (tertiary/aromatic N) is 6. The van der Waals surface area contributed by atoms with Crippen molar-refractivity contribution >= 4 is 45.3 Å². The molecule has 0 saturated heterocycles. The molecule has 0 aliphatic heterocycles. The van der Waals surface area contributed by atoms with Crippen molar-refractivity contribution in [2.75, 3.05) is 21.2 Å². The minimum atomic E-state index is -0.276. The number of pyridine rings is 2. The molecular weight excluding hydrogens is 454 g/mol. The number of methoxy groups -OCH3 is 1. The molecule has 0 radical (unpaired) electrons. The lowest BCUT2D eigenvalue weighted by Gasteiger charge is -2.11. The number of imidazole rings is 1. The highest BCUT2D eigenvalue weighted by Crippen LogP contribution is 2.30. The van der Waals surface area contributed by atoms with Gasteiger partial charge in [-0.2, -0.15) is 4.98 Å². The maximum atomic E-state index is 13.3. The number of fused-ring (bicyclic) bond motifs is 3. The molecule has 1 aromatic carbocycles. The van der Waals surface area contributed by atoms with Gasteiger partial charge in [-0.1, -0.05) is 24.2 Å². The minimum Gasteiger partial charge on any atom is -0.481 e. The number of ether oxygens (including phenoxy) is 1. The SMILES string of the molecule is C=C(/N=C\C(=C/N)c1ccc2ncc3c(c2c1)n(-c1ccc(OC)nc1Cl)c(=O)n3C)N(C)C. The van der Waals surface area contributed by atoms with Crippen LogP contribution in [0.4, 0.5) is 0 Å². The average molecular weight is 478 g/mol. The summed E-state index contributed by atoms with van der Waals surface area (Å²) in [6.07, 6.45) is 4.80. The molecule has 0 atom stereocenters. The lowest BCUT2D eigenvalue weighted by atomic mass is 10.0. The predicted molar refractivity (Wildman–Crippen MR) is 137 cm³/mol. The van der Waals surface area contributed by atoms with Gasteiger partial charge in [-0.05, 0) is 23.8 Å². The van der Waals surface area contributed by atoms with Gasteiger partial charge in [0.05, 0.1) is 35.5 Å². The molecule has 0 fully saturated rings. The van der Waals surface area contributed by atoms with E-state index in [9.17, 15) is 4.79 Å². The summed E-state index contributed by atoms with van der Waals surface area (Å²) in [6.45, 7) is 3.90. The Morgan fingerprint density at radius 1 is 1.29 bits per heavy atom. The minimum absolute atomic E-state index is 0.145. The van der Waals surface area contributed by atoms with Crippen LogP contribution in [-0.4, -0.2) is 51.4 Å². The van der Waals surface area contributed by atoms with E-state index in [2.05, 4.69) is 21.5 Å². The molecule has 10 heteroatoms. The van der Waals surface area contributed by atoms with Gasteiger partial charge in [-0.3, -0.25) is 14.1 Å². The summed E-state index contributed by atoms with van der Waals surface area (Å²) in [7, 11) is 6.91. The van der Waals surface area contributed by atoms with E-state index < -0.39 is 0 Å². The van der Waals surface area contributed by atoms with Gasteiger partial charge in [0.15, 0.2) is 5.15 Å². The first-order valence-electron chi connectivity index (χ1n) is 10.3. The molecule has 0 amide bonds. The van der Waals surface area contributed by atoms with Gasteiger partial charge in [0.25, 0.3) is 0 Å². The highest BCUT2D eigenvalue weighted by atomic mass is 35.5. The summed E-state index contributed by atoms with van der Waals surface area (Å²) >= 11 is 6.45. The van der Waals surface area contributed by atoms with Crippen molar-refractivity contribution < 1.29 is 4.74 Å². The van der Waals surface area contributed by atoms with Gasteiger partial charge in [0.2, 0.25) is 5.88 Å². The second-order valence-electron chi connectivity index (χ2n) is 7.76. The highest BCUT2D eigenvalue weighted by Gasteiger charge is 2.19. The quantitative estimate of drug-likeness (QED) is 0.337. The molecule has 3 aromatic heterocycles. The maximum absolute atomic E-state index is 13.3. The first kappa shape index (κ1) is 23.1. The monoisotopic (exact) mass is 477 g/mol. The van der Waals surface area contributed by atoms with Crippen LogP contribution in [0.3, 0.4) is 0 Å². The lowest BCUT2D eigenvalue weighted by Crippen LogP contribution is -2.21. The molecule has 2 N–H and O–H groups in total. The zero-order valence-corrected chi connectivity index (χ0v) is 20.0. The number of allylic oxidation sites excluding steroid dienone is 1. The molecule has 0 saturated carbocycles. The third-order valence-electron chi connectivity index (χ3n) is 5.52. The second-order valence-corrected chi connectivity index (χ2v) is 8.11. The number of hydrogen-bond donors (Lipinski definition) is 1. The van der Waals surface area contributed by atoms with Crippen LogP contribution in [-0.2, 0) is 7.05 Å². The van der Waals surface area contributed by atoms with Crippen LogP contribution in [0.25, 0.3) is 33.2 Å². The molecule has 9 nitrogen and oxygen atoms in total. The lowest BCUT2D eigenvalue weighted by molar-refractivity contribution is 0.398. The average Bonchev–Trinajstić information content (AvgIpc) is 3.09. The summed E-state index contributed by atoms with van der Waals surface area (Å²) in [6, 6.07) is 9.06. The largest absolute Gasteiger partial charge is 0.481 e. The van der Waals surface area contributed by atoms with Crippen LogP contribution in [0.5, 0.6) is 5.88 Å². The van der Waals surface area contributed by atoms with Gasteiger partial charge in [0, 0.05) is 50.6 Å². The van der Waals surface area contributed by atoms with E-state index in [1.807, 2.05) is 32.3 Å². The van der Waals surface area contributed by atoms with E-state index in [4.69, 9.17) is 22.1 Å². The predicted octanol–water partition coefficient (Wildman–Crippen LogP) is 3.34. The van der Waals surface area contributed by atoms with E-state index in [0.29, 0.717) is 39.5 Å². The van der Waals surface area contributed by atoms with Crippen molar-refractivity contribution in [1.82, 2.24) is 24.0 Å². The molecule has 3 heterocycles. The Hall–Kier alpha value is -4.11. The van der Waals surface area contributed by atoms with Crippen molar-refractivity contribution in [3.8, 4) is 11.6 Å². The Bertz CT molecular complexity index is 1550. The van der Waals surface area contributed by atoms with Crippen molar-refractivity contribution in [2.45, 2.75) is 0 Å². The zero-order chi connectivity index (χ0) is 24.6. The van der Waals surface area contributed by atoms with Gasteiger partial charge >= 0.3 is 5.69 Å². The van der Waals surface area contributed by atoms with Crippen molar-refractivity contribution in [3.63, 3.8) is 0 Å².